The van der Waals surface area contributed by atoms with Crippen LogP contribution in [0.5, 0.6) is 0 Å². The number of anilines is 1. The lowest BCUT2D eigenvalue weighted by molar-refractivity contribution is -0.135. The molecule has 0 saturated heterocycles. The van der Waals surface area contributed by atoms with E-state index < -0.39 is 5.97 Å². The molecule has 9 nitrogen and oxygen atoms in total. The standard InChI is InChI=1S/C28H37N5O4S/c1-5-18-37-28(36)23(19-29)27-33(8-4)26(35)24(38-27)20-31-22-14-12-21(13-15-22)10-9-11-25(34)30-16-17-32(6-2)7-3/h5,12-15,20,31H,1,6-11,16-18H2,2-4H3,(H,30,34). The van der Waals surface area contributed by atoms with E-state index in [1.807, 2.05) is 30.3 Å². The molecule has 0 aliphatic carbocycles. The monoisotopic (exact) mass is 539 g/mol. The Morgan fingerprint density at radius 1 is 1.21 bits per heavy atom. The fraction of sp³-hybridized carbons (Fsp3) is 0.429. The van der Waals surface area contributed by atoms with Gasteiger partial charge in [-0.1, -0.05) is 38.6 Å². The van der Waals surface area contributed by atoms with Gasteiger partial charge in [-0.05, 0) is 50.6 Å². The van der Waals surface area contributed by atoms with E-state index in [1.54, 1.807) is 13.1 Å². The number of aryl methyl sites for hydroxylation is 1. The Labute approximate surface area is 227 Å². The van der Waals surface area contributed by atoms with Crippen molar-refractivity contribution in [2.24, 2.45) is 0 Å². The lowest BCUT2D eigenvalue weighted by Gasteiger charge is -2.17. The van der Waals surface area contributed by atoms with Crippen LogP contribution in [0.3, 0.4) is 0 Å². The minimum atomic E-state index is -0.789. The predicted octanol–water partition coefficient (Wildman–Crippen LogP) is 1.96. The second-order valence-corrected chi connectivity index (χ2v) is 9.44. The quantitative estimate of drug-likeness (QED) is 0.263. The van der Waals surface area contributed by atoms with Crippen LogP contribution in [0, 0.1) is 11.3 Å². The van der Waals surface area contributed by atoms with Gasteiger partial charge in [-0.3, -0.25) is 14.2 Å². The summed E-state index contributed by atoms with van der Waals surface area (Å²) in [6.45, 7) is 13.3. The van der Waals surface area contributed by atoms with Gasteiger partial charge >= 0.3 is 5.97 Å². The van der Waals surface area contributed by atoms with E-state index in [0.29, 0.717) is 24.0 Å². The number of benzene rings is 1. The Bertz CT molecular complexity index is 1300. The summed E-state index contributed by atoms with van der Waals surface area (Å²) in [5.41, 5.74) is 1.40. The van der Waals surface area contributed by atoms with Gasteiger partial charge in [0.05, 0.1) is 0 Å². The zero-order chi connectivity index (χ0) is 27.9. The Balaban J connectivity index is 2.01. The maximum absolute atomic E-state index is 12.8. The molecule has 0 radical (unpaired) electrons. The lowest BCUT2D eigenvalue weighted by atomic mass is 10.1. The smallest absolute Gasteiger partial charge is 0.352 e. The van der Waals surface area contributed by atoms with Crippen molar-refractivity contribution in [2.75, 3.05) is 38.1 Å². The summed E-state index contributed by atoms with van der Waals surface area (Å²) in [5, 5.41) is 15.6. The summed E-state index contributed by atoms with van der Waals surface area (Å²) < 4.78 is 6.99. The number of carbonyl (C=O) groups excluding carboxylic acids is 2. The third-order valence-corrected chi connectivity index (χ3v) is 7.05. The van der Waals surface area contributed by atoms with E-state index in [-0.39, 0.29) is 28.3 Å². The van der Waals surface area contributed by atoms with Gasteiger partial charge in [-0.2, -0.15) is 5.26 Å². The van der Waals surface area contributed by atoms with Gasteiger partial charge in [0.2, 0.25) is 5.91 Å². The van der Waals surface area contributed by atoms with Crippen molar-refractivity contribution in [3.8, 4) is 6.07 Å². The first-order valence-corrected chi connectivity index (χ1v) is 13.7. The normalized spacial score (nSPS) is 12.1. The molecule has 0 spiro atoms. The van der Waals surface area contributed by atoms with Crippen LogP contribution < -0.4 is 25.4 Å². The summed E-state index contributed by atoms with van der Waals surface area (Å²) in [5.74, 6) is -0.716. The zero-order valence-electron chi connectivity index (χ0n) is 22.4. The van der Waals surface area contributed by atoms with Crippen molar-refractivity contribution in [3.05, 3.63) is 62.0 Å². The Kier molecular flexibility index (Phi) is 13.0. The van der Waals surface area contributed by atoms with Gasteiger partial charge in [0, 0.05) is 37.9 Å². The van der Waals surface area contributed by atoms with E-state index in [9.17, 15) is 19.6 Å². The van der Waals surface area contributed by atoms with Crippen LogP contribution in [0.4, 0.5) is 5.69 Å². The number of nitrogens with zero attached hydrogens (tertiary/aromatic N) is 3. The summed E-state index contributed by atoms with van der Waals surface area (Å²) in [7, 11) is 0. The molecule has 10 heteroatoms. The SMILES string of the molecule is C=CCOC(=O)C(C#N)=c1sc(=CNc2ccc(CCCC(=O)NCCN(CC)CC)cc2)c(=O)n1CC. The molecule has 0 saturated carbocycles. The first-order valence-electron chi connectivity index (χ1n) is 12.8. The second-order valence-electron chi connectivity index (χ2n) is 8.41. The number of ether oxygens (including phenoxy) is 1. The lowest BCUT2D eigenvalue weighted by Crippen LogP contribution is -2.34. The van der Waals surface area contributed by atoms with Crippen molar-refractivity contribution < 1.29 is 14.3 Å². The molecule has 1 amide bonds. The predicted molar refractivity (Wildman–Crippen MR) is 152 cm³/mol. The molecule has 204 valence electrons. The largest absolute Gasteiger partial charge is 0.457 e. The van der Waals surface area contributed by atoms with E-state index >= 15 is 0 Å². The number of rotatable bonds is 15. The molecule has 2 rings (SSSR count). The maximum atomic E-state index is 12.8. The number of hydrogen-bond donors (Lipinski definition) is 2. The van der Waals surface area contributed by atoms with Gasteiger partial charge in [0.15, 0.2) is 5.57 Å². The molecule has 0 fully saturated rings. The highest BCUT2D eigenvalue weighted by Crippen LogP contribution is 2.12. The Hall–Kier alpha value is -3.68. The van der Waals surface area contributed by atoms with Gasteiger partial charge in [0.25, 0.3) is 5.56 Å². The number of esters is 1. The van der Waals surface area contributed by atoms with Crippen LogP contribution in [0.1, 0.15) is 39.2 Å². The highest BCUT2D eigenvalue weighted by atomic mass is 32.1. The maximum Gasteiger partial charge on any atom is 0.352 e. The molecule has 0 bridgehead atoms. The van der Waals surface area contributed by atoms with Crippen LogP contribution in [0.25, 0.3) is 11.8 Å². The summed E-state index contributed by atoms with van der Waals surface area (Å²) in [6.07, 6.45) is 5.02. The molecular weight excluding hydrogens is 502 g/mol. The molecule has 1 aromatic heterocycles. The van der Waals surface area contributed by atoms with Gasteiger partial charge in [-0.25, -0.2) is 4.79 Å². The molecular formula is C28H37N5O4S. The van der Waals surface area contributed by atoms with E-state index in [0.717, 1.165) is 55.1 Å². The molecule has 1 aromatic carbocycles. The van der Waals surface area contributed by atoms with Crippen LogP contribution in [0.15, 0.2) is 41.7 Å². The molecule has 0 aliphatic heterocycles. The molecule has 1 heterocycles. The number of likely N-dealkylation sites (N-methyl/N-ethyl adjacent to an activating group) is 1. The molecule has 0 unspecified atom stereocenters. The van der Waals surface area contributed by atoms with E-state index in [4.69, 9.17) is 4.74 Å². The topological polar surface area (TPSA) is 116 Å². The van der Waals surface area contributed by atoms with Crippen LogP contribution in [-0.2, 0) is 27.3 Å². The zero-order valence-corrected chi connectivity index (χ0v) is 23.2. The molecule has 2 N–H and O–H groups in total. The van der Waals surface area contributed by atoms with Gasteiger partial charge in [0.1, 0.15) is 21.9 Å². The summed E-state index contributed by atoms with van der Waals surface area (Å²) >= 11 is 1.06. The van der Waals surface area contributed by atoms with Crippen LogP contribution in [0.2, 0.25) is 0 Å². The van der Waals surface area contributed by atoms with Crippen molar-refractivity contribution in [3.63, 3.8) is 0 Å². The van der Waals surface area contributed by atoms with Crippen molar-refractivity contribution in [1.82, 2.24) is 14.8 Å². The Morgan fingerprint density at radius 3 is 2.53 bits per heavy atom. The highest BCUT2D eigenvalue weighted by molar-refractivity contribution is 7.07. The third kappa shape index (κ3) is 9.01. The minimum Gasteiger partial charge on any atom is -0.457 e. The number of nitriles is 1. The van der Waals surface area contributed by atoms with Crippen molar-refractivity contribution in [2.45, 2.75) is 46.6 Å². The number of thiazole rings is 1. The first-order chi connectivity index (χ1) is 18.4. The fourth-order valence-corrected chi connectivity index (χ4v) is 4.81. The van der Waals surface area contributed by atoms with Gasteiger partial charge < -0.3 is 20.3 Å². The van der Waals surface area contributed by atoms with E-state index in [1.165, 1.54) is 10.6 Å². The number of carbonyl (C=O) groups is 2. The number of aromatic nitrogens is 1. The van der Waals surface area contributed by atoms with Crippen LogP contribution >= 0.6 is 11.3 Å². The Morgan fingerprint density at radius 2 is 1.92 bits per heavy atom. The summed E-state index contributed by atoms with van der Waals surface area (Å²) in [4.78, 5) is 39.4. The summed E-state index contributed by atoms with van der Waals surface area (Å²) in [6, 6.07) is 9.64. The molecule has 0 aliphatic rings. The third-order valence-electron chi connectivity index (χ3n) is 5.92. The molecule has 38 heavy (non-hydrogen) atoms. The second kappa shape index (κ2) is 16.2. The molecule has 0 atom stereocenters. The van der Waals surface area contributed by atoms with E-state index in [2.05, 4.69) is 36.0 Å². The number of nitrogens with one attached hydrogen (secondary N) is 2. The fourth-order valence-electron chi connectivity index (χ4n) is 3.73. The minimum absolute atomic E-state index is 0.0214. The van der Waals surface area contributed by atoms with Crippen molar-refractivity contribution >= 4 is 40.7 Å². The number of hydrogen-bond acceptors (Lipinski definition) is 8. The number of amides is 1. The average Bonchev–Trinajstić information content (AvgIpc) is 3.24. The van der Waals surface area contributed by atoms with Crippen molar-refractivity contribution in [1.29, 1.82) is 5.26 Å². The van der Waals surface area contributed by atoms with Gasteiger partial charge in [-0.15, -0.1) is 11.3 Å². The molecule has 2 aromatic rings. The van der Waals surface area contributed by atoms with Crippen LogP contribution in [-0.4, -0.2) is 54.1 Å². The first kappa shape index (κ1) is 30.5. The highest BCUT2D eigenvalue weighted by Gasteiger charge is 2.16. The average molecular weight is 540 g/mol.